The van der Waals surface area contributed by atoms with Gasteiger partial charge in [0.2, 0.25) is 0 Å². The van der Waals surface area contributed by atoms with Gasteiger partial charge in [-0.25, -0.2) is 4.98 Å². The number of ether oxygens (including phenoxy) is 2. The minimum Gasteiger partial charge on any atom is -0.493 e. The van der Waals surface area contributed by atoms with E-state index < -0.39 is 0 Å². The van der Waals surface area contributed by atoms with Gasteiger partial charge in [-0.3, -0.25) is 4.99 Å². The fourth-order valence-electron chi connectivity index (χ4n) is 2.50. The van der Waals surface area contributed by atoms with Crippen molar-refractivity contribution in [2.45, 2.75) is 32.6 Å². The Morgan fingerprint density at radius 3 is 2.85 bits per heavy atom. The molecular weight excluding hydrogens is 360 g/mol. The molecule has 2 N–H and O–H groups in total. The fourth-order valence-corrected chi connectivity index (χ4v) is 3.32. The summed E-state index contributed by atoms with van der Waals surface area (Å²) in [5, 5.41) is 9.99. The number of aliphatic imine (C=N–C) groups is 1. The van der Waals surface area contributed by atoms with Gasteiger partial charge < -0.3 is 20.1 Å². The van der Waals surface area contributed by atoms with Crippen molar-refractivity contribution in [1.29, 1.82) is 0 Å². The van der Waals surface area contributed by atoms with Gasteiger partial charge in [-0.05, 0) is 38.3 Å². The van der Waals surface area contributed by atoms with Crippen LogP contribution in [0.15, 0.2) is 34.6 Å². The first-order chi connectivity index (χ1) is 13.2. The maximum absolute atomic E-state index is 5.74. The molecule has 0 spiro atoms. The molecule has 7 heteroatoms. The molecule has 0 unspecified atom stereocenters. The lowest BCUT2D eigenvalue weighted by atomic mass is 10.2. The number of rotatable bonds is 11. The highest BCUT2D eigenvalue weighted by Crippen LogP contribution is 2.17. The highest BCUT2D eigenvalue weighted by molar-refractivity contribution is 7.09. The smallest absolute Gasteiger partial charge is 0.195 e. The van der Waals surface area contributed by atoms with Crippen molar-refractivity contribution in [3.63, 3.8) is 0 Å². The molecule has 0 aliphatic rings. The average Bonchev–Trinajstić information content (AvgIpc) is 3.09. The minimum absolute atomic E-state index is 0.642. The van der Waals surface area contributed by atoms with Crippen LogP contribution in [-0.2, 0) is 11.2 Å². The molecule has 2 rings (SSSR count). The Morgan fingerprint density at radius 2 is 2.11 bits per heavy atom. The van der Waals surface area contributed by atoms with Gasteiger partial charge >= 0.3 is 0 Å². The van der Waals surface area contributed by atoms with E-state index in [2.05, 4.69) is 26.0 Å². The third-order valence-corrected chi connectivity index (χ3v) is 4.88. The van der Waals surface area contributed by atoms with E-state index in [-0.39, 0.29) is 0 Å². The van der Waals surface area contributed by atoms with Crippen molar-refractivity contribution in [3.8, 4) is 5.75 Å². The summed E-state index contributed by atoms with van der Waals surface area (Å²) in [5.41, 5.74) is 2.06. The number of nitrogens with one attached hydrogen (secondary N) is 2. The van der Waals surface area contributed by atoms with Crippen LogP contribution in [0.25, 0.3) is 0 Å². The van der Waals surface area contributed by atoms with E-state index in [1.165, 1.54) is 5.01 Å². The van der Waals surface area contributed by atoms with Crippen molar-refractivity contribution in [2.24, 2.45) is 4.99 Å². The van der Waals surface area contributed by atoms with Crippen LogP contribution in [0.4, 0.5) is 5.69 Å². The Balaban J connectivity index is 1.69. The fraction of sp³-hybridized carbons (Fsp3) is 0.500. The molecule has 0 aliphatic heterocycles. The largest absolute Gasteiger partial charge is 0.493 e. The van der Waals surface area contributed by atoms with Crippen LogP contribution in [0.3, 0.4) is 0 Å². The highest BCUT2D eigenvalue weighted by atomic mass is 32.1. The number of methoxy groups -OCH3 is 1. The number of unbranched alkanes of at least 4 members (excludes halogenated alkanes) is 1. The summed E-state index contributed by atoms with van der Waals surface area (Å²) in [6.07, 6.45) is 4.09. The van der Waals surface area contributed by atoms with E-state index in [4.69, 9.17) is 9.47 Å². The van der Waals surface area contributed by atoms with E-state index in [0.717, 1.165) is 55.3 Å². The molecule has 0 aliphatic carbocycles. The highest BCUT2D eigenvalue weighted by Gasteiger charge is 2.02. The Labute approximate surface area is 166 Å². The summed E-state index contributed by atoms with van der Waals surface area (Å²) in [5.74, 6) is 1.60. The zero-order valence-electron chi connectivity index (χ0n) is 16.5. The minimum atomic E-state index is 0.642. The van der Waals surface area contributed by atoms with Gasteiger partial charge in [-0.15, -0.1) is 11.3 Å². The number of guanidine groups is 1. The van der Waals surface area contributed by atoms with Crippen molar-refractivity contribution in [2.75, 3.05) is 39.2 Å². The molecule has 0 amide bonds. The van der Waals surface area contributed by atoms with E-state index in [1.54, 1.807) is 25.5 Å². The molecule has 1 aromatic carbocycles. The quantitative estimate of drug-likeness (QED) is 0.346. The van der Waals surface area contributed by atoms with Crippen molar-refractivity contribution in [3.05, 3.63) is 40.3 Å². The predicted molar refractivity (Wildman–Crippen MR) is 113 cm³/mol. The summed E-state index contributed by atoms with van der Waals surface area (Å²) in [6.45, 7) is 4.26. The van der Waals surface area contributed by atoms with Crippen LogP contribution in [0.1, 0.15) is 30.0 Å². The average molecular weight is 391 g/mol. The lowest BCUT2D eigenvalue weighted by Crippen LogP contribution is -2.31. The lowest BCUT2D eigenvalue weighted by Gasteiger charge is -2.13. The lowest BCUT2D eigenvalue weighted by molar-refractivity contribution is 0.172. The molecule has 1 aromatic heterocycles. The van der Waals surface area contributed by atoms with Crippen LogP contribution < -0.4 is 15.4 Å². The Morgan fingerprint density at radius 1 is 1.22 bits per heavy atom. The first-order valence-electron chi connectivity index (χ1n) is 9.31. The number of nitrogens with zero attached hydrogens (tertiary/aromatic N) is 2. The van der Waals surface area contributed by atoms with Gasteiger partial charge in [0.05, 0.1) is 11.6 Å². The zero-order valence-corrected chi connectivity index (χ0v) is 17.3. The monoisotopic (exact) mass is 390 g/mol. The maximum Gasteiger partial charge on any atom is 0.195 e. The van der Waals surface area contributed by atoms with Gasteiger partial charge in [0.15, 0.2) is 5.96 Å². The van der Waals surface area contributed by atoms with Gasteiger partial charge in [0, 0.05) is 56.6 Å². The normalized spacial score (nSPS) is 11.4. The van der Waals surface area contributed by atoms with Crippen molar-refractivity contribution >= 4 is 23.0 Å². The first-order valence-corrected chi connectivity index (χ1v) is 10.2. The van der Waals surface area contributed by atoms with Crippen LogP contribution >= 0.6 is 11.3 Å². The predicted octanol–water partition coefficient (Wildman–Crippen LogP) is 3.88. The van der Waals surface area contributed by atoms with Gasteiger partial charge in [-0.1, -0.05) is 6.07 Å². The van der Waals surface area contributed by atoms with Crippen LogP contribution in [-0.4, -0.2) is 44.9 Å². The molecule has 0 bridgehead atoms. The van der Waals surface area contributed by atoms with E-state index in [0.29, 0.717) is 13.2 Å². The second-order valence-electron chi connectivity index (χ2n) is 6.19. The number of hydrogen-bond donors (Lipinski definition) is 2. The topological polar surface area (TPSA) is 67.8 Å². The van der Waals surface area contributed by atoms with Gasteiger partial charge in [0.25, 0.3) is 0 Å². The summed E-state index contributed by atoms with van der Waals surface area (Å²) in [4.78, 5) is 8.78. The molecule has 148 valence electrons. The second-order valence-corrected chi connectivity index (χ2v) is 7.13. The first kappa shape index (κ1) is 21.2. The molecule has 0 radical (unpaired) electrons. The molecule has 0 saturated heterocycles. The Hall–Kier alpha value is -2.12. The molecule has 1 heterocycles. The molecule has 2 aromatic rings. The van der Waals surface area contributed by atoms with Crippen LogP contribution in [0.2, 0.25) is 0 Å². The van der Waals surface area contributed by atoms with E-state index >= 15 is 0 Å². The Kier molecular flexibility index (Phi) is 9.65. The molecule has 0 saturated carbocycles. The number of aromatic nitrogens is 1. The summed E-state index contributed by atoms with van der Waals surface area (Å²) >= 11 is 1.74. The number of benzene rings is 1. The molecule has 6 nitrogen and oxygen atoms in total. The van der Waals surface area contributed by atoms with Crippen molar-refractivity contribution in [1.82, 2.24) is 10.3 Å². The number of thiazole rings is 1. The van der Waals surface area contributed by atoms with Gasteiger partial charge in [0.1, 0.15) is 5.75 Å². The van der Waals surface area contributed by atoms with E-state index in [1.807, 2.05) is 31.2 Å². The van der Waals surface area contributed by atoms with Crippen LogP contribution in [0, 0.1) is 6.92 Å². The molecule has 27 heavy (non-hydrogen) atoms. The summed E-state index contributed by atoms with van der Waals surface area (Å²) in [7, 11) is 3.47. The Bertz CT molecular complexity index is 703. The van der Waals surface area contributed by atoms with Crippen molar-refractivity contribution < 1.29 is 9.47 Å². The zero-order chi connectivity index (χ0) is 19.3. The summed E-state index contributed by atoms with van der Waals surface area (Å²) < 4.78 is 10.8. The third-order valence-electron chi connectivity index (χ3n) is 3.86. The SMILES string of the molecule is CN=C(NCCCCc1nc(C)cs1)Nc1cccc(OCCCOC)c1. The standard InChI is InChI=1S/C20H30N4O2S/c1-16-15-27-19(23-16)10-4-5-11-22-20(21-2)24-17-8-6-9-18(14-17)26-13-7-12-25-3/h6,8-9,14-15H,4-5,7,10-13H2,1-3H3,(H2,21,22,24). The molecular formula is C20H30N4O2S. The second kappa shape index (κ2) is 12.3. The number of aryl methyl sites for hydroxylation is 2. The van der Waals surface area contributed by atoms with E-state index in [9.17, 15) is 0 Å². The third kappa shape index (κ3) is 8.41. The van der Waals surface area contributed by atoms with Gasteiger partial charge in [-0.2, -0.15) is 0 Å². The van der Waals surface area contributed by atoms with Crippen LogP contribution in [0.5, 0.6) is 5.75 Å². The molecule has 0 fully saturated rings. The number of anilines is 1. The number of hydrogen-bond acceptors (Lipinski definition) is 5. The molecule has 0 atom stereocenters. The summed E-state index contributed by atoms with van der Waals surface area (Å²) in [6, 6.07) is 7.90. The maximum atomic E-state index is 5.74.